The van der Waals surface area contributed by atoms with Gasteiger partial charge in [-0.05, 0) is 38.5 Å². The van der Waals surface area contributed by atoms with Crippen LogP contribution >= 0.6 is 0 Å². The van der Waals surface area contributed by atoms with E-state index in [4.69, 9.17) is 9.47 Å². The van der Waals surface area contributed by atoms with Gasteiger partial charge in [0.1, 0.15) is 23.6 Å². The number of amides is 1. The van der Waals surface area contributed by atoms with E-state index in [1.807, 2.05) is 24.3 Å². The van der Waals surface area contributed by atoms with E-state index in [0.717, 1.165) is 5.56 Å². The SMILES string of the molecule is COC(=O)CC(=O)[C@H]1CN(C(=O)OC(C)(C)C)C[C@H]1c1cccc(OC)c1. The van der Waals surface area contributed by atoms with Crippen molar-refractivity contribution in [3.05, 3.63) is 29.8 Å². The van der Waals surface area contributed by atoms with E-state index in [2.05, 4.69) is 4.74 Å². The molecule has 1 aromatic carbocycles. The van der Waals surface area contributed by atoms with E-state index in [1.54, 1.807) is 27.9 Å². The van der Waals surface area contributed by atoms with Crippen molar-refractivity contribution < 1.29 is 28.6 Å². The number of esters is 1. The molecule has 1 aliphatic rings. The zero-order valence-electron chi connectivity index (χ0n) is 16.5. The summed E-state index contributed by atoms with van der Waals surface area (Å²) in [7, 11) is 2.82. The number of carbonyl (C=O) groups is 3. The number of carbonyl (C=O) groups excluding carboxylic acids is 3. The number of benzene rings is 1. The fourth-order valence-electron chi connectivity index (χ4n) is 3.16. The summed E-state index contributed by atoms with van der Waals surface area (Å²) in [5.41, 5.74) is 0.250. The molecule has 27 heavy (non-hydrogen) atoms. The van der Waals surface area contributed by atoms with Gasteiger partial charge >= 0.3 is 12.1 Å². The highest BCUT2D eigenvalue weighted by Crippen LogP contribution is 2.36. The summed E-state index contributed by atoms with van der Waals surface area (Å²) in [4.78, 5) is 38.3. The van der Waals surface area contributed by atoms with Gasteiger partial charge in [0.05, 0.1) is 14.2 Å². The van der Waals surface area contributed by atoms with Crippen molar-refractivity contribution in [3.63, 3.8) is 0 Å². The van der Waals surface area contributed by atoms with Gasteiger partial charge in [-0.15, -0.1) is 0 Å². The average molecular weight is 377 g/mol. The Morgan fingerprint density at radius 1 is 1.15 bits per heavy atom. The summed E-state index contributed by atoms with van der Waals surface area (Å²) in [5.74, 6) is -0.920. The second-order valence-corrected chi connectivity index (χ2v) is 7.59. The standard InChI is InChI=1S/C20H27NO6/c1-20(2,3)27-19(24)21-11-15(13-7-6-8-14(9-13)25-4)16(12-21)17(22)10-18(23)26-5/h6-9,15-16H,10-12H2,1-5H3/t15-,16-/m0/s1. The van der Waals surface area contributed by atoms with Gasteiger partial charge in [0.2, 0.25) is 0 Å². The first-order valence-corrected chi connectivity index (χ1v) is 8.86. The molecule has 1 heterocycles. The summed E-state index contributed by atoms with van der Waals surface area (Å²) in [6.07, 6.45) is -0.784. The van der Waals surface area contributed by atoms with Crippen LogP contribution in [0, 0.1) is 5.92 Å². The predicted molar refractivity (Wildman–Crippen MR) is 98.7 cm³/mol. The molecule has 148 valence electrons. The van der Waals surface area contributed by atoms with Crippen LogP contribution in [-0.4, -0.2) is 55.7 Å². The van der Waals surface area contributed by atoms with Crippen molar-refractivity contribution in [3.8, 4) is 5.75 Å². The Kier molecular flexibility index (Phi) is 6.46. The molecule has 2 atom stereocenters. The monoisotopic (exact) mass is 377 g/mol. The highest BCUT2D eigenvalue weighted by atomic mass is 16.6. The van der Waals surface area contributed by atoms with E-state index < -0.39 is 23.6 Å². The zero-order chi connectivity index (χ0) is 20.2. The lowest BCUT2D eigenvalue weighted by Gasteiger charge is -2.24. The highest BCUT2D eigenvalue weighted by Gasteiger charge is 2.42. The molecule has 0 aromatic heterocycles. The molecule has 0 bridgehead atoms. The van der Waals surface area contributed by atoms with Crippen LogP contribution in [0.3, 0.4) is 0 Å². The maximum atomic E-state index is 12.7. The van der Waals surface area contributed by atoms with Crippen molar-refractivity contribution >= 4 is 17.8 Å². The third kappa shape index (κ3) is 5.45. The Bertz CT molecular complexity index is 709. The minimum absolute atomic E-state index is 0.201. The Labute approximate surface area is 159 Å². The molecule has 2 rings (SSSR count). The molecule has 0 saturated carbocycles. The number of likely N-dealkylation sites (tertiary alicyclic amines) is 1. The number of nitrogens with zero attached hydrogens (tertiary/aromatic N) is 1. The maximum Gasteiger partial charge on any atom is 0.410 e. The van der Waals surface area contributed by atoms with Crippen molar-refractivity contribution in [2.45, 2.75) is 38.7 Å². The molecule has 1 aliphatic heterocycles. The predicted octanol–water partition coefficient (Wildman–Crippen LogP) is 2.78. The summed E-state index contributed by atoms with van der Waals surface area (Å²) in [6.45, 7) is 5.91. The van der Waals surface area contributed by atoms with Crippen molar-refractivity contribution in [2.75, 3.05) is 27.3 Å². The van der Waals surface area contributed by atoms with E-state index >= 15 is 0 Å². The lowest BCUT2D eigenvalue weighted by molar-refractivity contribution is -0.144. The van der Waals surface area contributed by atoms with Gasteiger partial charge < -0.3 is 19.1 Å². The Balaban J connectivity index is 2.27. The van der Waals surface area contributed by atoms with E-state index in [0.29, 0.717) is 12.3 Å². The molecule has 0 unspecified atom stereocenters. The number of ether oxygens (including phenoxy) is 3. The molecule has 0 radical (unpaired) electrons. The number of rotatable bonds is 5. The summed E-state index contributed by atoms with van der Waals surface area (Å²) in [6, 6.07) is 7.40. The second kappa shape index (κ2) is 8.41. The van der Waals surface area contributed by atoms with Gasteiger partial charge in [-0.2, -0.15) is 0 Å². The Morgan fingerprint density at radius 3 is 2.44 bits per heavy atom. The molecule has 1 saturated heterocycles. The summed E-state index contributed by atoms with van der Waals surface area (Å²) < 4.78 is 15.3. The minimum Gasteiger partial charge on any atom is -0.497 e. The molecule has 1 fully saturated rings. The topological polar surface area (TPSA) is 82.1 Å². The van der Waals surface area contributed by atoms with Crippen LogP contribution in [0.1, 0.15) is 38.7 Å². The third-order valence-electron chi connectivity index (χ3n) is 4.45. The molecule has 0 spiro atoms. The van der Waals surface area contributed by atoms with Crippen molar-refractivity contribution in [2.24, 2.45) is 5.92 Å². The van der Waals surface area contributed by atoms with Crippen LogP contribution in [0.5, 0.6) is 5.75 Å². The van der Waals surface area contributed by atoms with Gasteiger partial charge in [-0.25, -0.2) is 4.79 Å². The van der Waals surface area contributed by atoms with Gasteiger partial charge in [-0.3, -0.25) is 9.59 Å². The van der Waals surface area contributed by atoms with E-state index in [1.165, 1.54) is 12.0 Å². The quantitative estimate of drug-likeness (QED) is 0.580. The summed E-state index contributed by atoms with van der Waals surface area (Å²) >= 11 is 0. The highest BCUT2D eigenvalue weighted by molar-refractivity contribution is 5.97. The van der Waals surface area contributed by atoms with Gasteiger partial charge in [-0.1, -0.05) is 12.1 Å². The van der Waals surface area contributed by atoms with Crippen LogP contribution in [0.15, 0.2) is 24.3 Å². The number of ketones is 1. The molecule has 7 heteroatoms. The molecule has 0 aliphatic carbocycles. The van der Waals surface area contributed by atoms with Crippen molar-refractivity contribution in [1.82, 2.24) is 4.90 Å². The van der Waals surface area contributed by atoms with Gasteiger partial charge in [0, 0.05) is 24.9 Å². The van der Waals surface area contributed by atoms with E-state index in [9.17, 15) is 14.4 Å². The molecule has 0 N–H and O–H groups in total. The smallest absolute Gasteiger partial charge is 0.410 e. The van der Waals surface area contributed by atoms with Crippen LogP contribution in [0.4, 0.5) is 4.79 Å². The average Bonchev–Trinajstić information content (AvgIpc) is 3.06. The number of methoxy groups -OCH3 is 2. The zero-order valence-corrected chi connectivity index (χ0v) is 16.5. The fourth-order valence-corrected chi connectivity index (χ4v) is 3.16. The number of hydrogen-bond acceptors (Lipinski definition) is 6. The Morgan fingerprint density at radius 2 is 1.85 bits per heavy atom. The molecule has 1 amide bonds. The Hall–Kier alpha value is -2.57. The molecule has 7 nitrogen and oxygen atoms in total. The maximum absolute atomic E-state index is 12.7. The molecular formula is C20H27NO6. The number of hydrogen-bond donors (Lipinski definition) is 0. The first-order valence-electron chi connectivity index (χ1n) is 8.86. The largest absolute Gasteiger partial charge is 0.497 e. The lowest BCUT2D eigenvalue weighted by atomic mass is 9.85. The van der Waals surface area contributed by atoms with Gasteiger partial charge in [0.25, 0.3) is 0 Å². The van der Waals surface area contributed by atoms with E-state index in [-0.39, 0.29) is 24.7 Å². The normalized spacial score (nSPS) is 19.5. The second-order valence-electron chi connectivity index (χ2n) is 7.59. The van der Waals surface area contributed by atoms with Crippen LogP contribution < -0.4 is 4.74 Å². The third-order valence-corrected chi connectivity index (χ3v) is 4.45. The lowest BCUT2D eigenvalue weighted by Crippen LogP contribution is -2.36. The van der Waals surface area contributed by atoms with Crippen LogP contribution in [-0.2, 0) is 19.1 Å². The van der Waals surface area contributed by atoms with Crippen LogP contribution in [0.2, 0.25) is 0 Å². The van der Waals surface area contributed by atoms with Crippen LogP contribution in [0.25, 0.3) is 0 Å². The van der Waals surface area contributed by atoms with Crippen molar-refractivity contribution in [1.29, 1.82) is 0 Å². The molecular weight excluding hydrogens is 350 g/mol. The first kappa shape index (κ1) is 20.7. The first-order chi connectivity index (χ1) is 12.6. The fraction of sp³-hybridized carbons (Fsp3) is 0.550. The minimum atomic E-state index is -0.628. The number of Topliss-reactive ketones (excluding diaryl/α,β-unsaturated/α-hetero) is 1. The molecule has 1 aromatic rings. The summed E-state index contributed by atoms with van der Waals surface area (Å²) in [5, 5.41) is 0. The van der Waals surface area contributed by atoms with Gasteiger partial charge in [0.15, 0.2) is 0 Å².